The van der Waals surface area contributed by atoms with Gasteiger partial charge in [0.15, 0.2) is 0 Å². The van der Waals surface area contributed by atoms with E-state index in [1.807, 2.05) is 27.2 Å². The first-order valence-electron chi connectivity index (χ1n) is 10.0. The lowest BCUT2D eigenvalue weighted by molar-refractivity contribution is -0.139. The second kappa shape index (κ2) is 8.49. The molecule has 0 aromatic carbocycles. The Bertz CT molecular complexity index is 941. The number of rotatable bonds is 6. The summed E-state index contributed by atoms with van der Waals surface area (Å²) >= 11 is 0. The summed E-state index contributed by atoms with van der Waals surface area (Å²) in [7, 11) is 3.86. The van der Waals surface area contributed by atoms with Gasteiger partial charge in [-0.05, 0) is 45.5 Å². The molecule has 0 aliphatic carbocycles. The molecule has 2 unspecified atom stereocenters. The van der Waals surface area contributed by atoms with E-state index in [1.54, 1.807) is 18.5 Å². The maximum Gasteiger partial charge on any atom is 0.421 e. The van der Waals surface area contributed by atoms with Crippen molar-refractivity contribution in [1.82, 2.24) is 25.0 Å². The molecule has 170 valence electrons. The lowest BCUT2D eigenvalue weighted by Gasteiger charge is -2.28. The molecule has 1 N–H and O–H groups in total. The Kier molecular flexibility index (Phi) is 6.31. The number of ether oxygens (including phenoxy) is 1. The molecule has 1 aliphatic rings. The van der Waals surface area contributed by atoms with Gasteiger partial charge >= 0.3 is 6.18 Å². The van der Waals surface area contributed by atoms with E-state index in [0.717, 1.165) is 23.9 Å². The number of likely N-dealkylation sites (tertiary alicyclic amines) is 1. The van der Waals surface area contributed by atoms with Gasteiger partial charge in [-0.15, -0.1) is 0 Å². The standard InChI is InChI=1S/C21H28F3N5O2/c1-13-14(9-26-29(13)5)15-10-28(4)11-17(15)27-19(30)20(2,3)12-31-18-16(21(22,23)24)7-6-8-25-18/h6-9,15,17H,10-12H2,1-5H3,(H,27,30). The second-order valence-corrected chi connectivity index (χ2v) is 8.74. The molecule has 1 fully saturated rings. The predicted octanol–water partition coefficient (Wildman–Crippen LogP) is 2.76. The summed E-state index contributed by atoms with van der Waals surface area (Å²) in [5, 5.41) is 7.38. The lowest BCUT2D eigenvalue weighted by atomic mass is 9.90. The van der Waals surface area contributed by atoms with Crippen LogP contribution in [0.3, 0.4) is 0 Å². The highest BCUT2D eigenvalue weighted by atomic mass is 19.4. The van der Waals surface area contributed by atoms with E-state index >= 15 is 0 Å². The summed E-state index contributed by atoms with van der Waals surface area (Å²) in [4.78, 5) is 18.9. The van der Waals surface area contributed by atoms with Crippen LogP contribution in [-0.4, -0.2) is 58.4 Å². The SMILES string of the molecule is Cc1c(C2CN(C)CC2NC(=O)C(C)(C)COc2ncccc2C(F)(F)F)cnn1C. The zero-order chi connectivity index (χ0) is 23.0. The number of halogens is 3. The van der Waals surface area contributed by atoms with E-state index in [9.17, 15) is 18.0 Å². The molecule has 3 rings (SSSR count). The average Bonchev–Trinajstić information content (AvgIpc) is 3.21. The van der Waals surface area contributed by atoms with Crippen molar-refractivity contribution in [2.24, 2.45) is 12.5 Å². The highest BCUT2D eigenvalue weighted by Gasteiger charge is 2.39. The van der Waals surface area contributed by atoms with Crippen LogP contribution in [0.25, 0.3) is 0 Å². The first-order chi connectivity index (χ1) is 14.4. The summed E-state index contributed by atoms with van der Waals surface area (Å²) in [5.41, 5.74) is 0.0954. The van der Waals surface area contributed by atoms with E-state index in [-0.39, 0.29) is 24.5 Å². The number of hydrogen-bond acceptors (Lipinski definition) is 5. The van der Waals surface area contributed by atoms with Gasteiger partial charge in [-0.2, -0.15) is 18.3 Å². The Balaban J connectivity index is 1.70. The minimum absolute atomic E-state index is 0.0759. The van der Waals surface area contributed by atoms with E-state index < -0.39 is 23.0 Å². The monoisotopic (exact) mass is 439 g/mol. The van der Waals surface area contributed by atoms with Crippen molar-refractivity contribution in [3.8, 4) is 5.88 Å². The maximum atomic E-state index is 13.2. The van der Waals surface area contributed by atoms with Gasteiger partial charge in [0.1, 0.15) is 12.2 Å². The topological polar surface area (TPSA) is 72.3 Å². The predicted molar refractivity (Wildman–Crippen MR) is 109 cm³/mol. The molecular weight excluding hydrogens is 411 g/mol. The van der Waals surface area contributed by atoms with Crippen LogP contribution in [0.1, 0.15) is 36.6 Å². The van der Waals surface area contributed by atoms with Gasteiger partial charge in [0.25, 0.3) is 0 Å². The van der Waals surface area contributed by atoms with Crippen LogP contribution in [0.4, 0.5) is 13.2 Å². The number of nitrogens with one attached hydrogen (secondary N) is 1. The number of carbonyl (C=O) groups excluding carboxylic acids is 1. The van der Waals surface area contributed by atoms with Crippen LogP contribution < -0.4 is 10.1 Å². The molecule has 2 aromatic heterocycles. The van der Waals surface area contributed by atoms with Crippen molar-refractivity contribution in [1.29, 1.82) is 0 Å². The minimum Gasteiger partial charge on any atom is -0.476 e. The number of amides is 1. The summed E-state index contributed by atoms with van der Waals surface area (Å²) in [6.07, 6.45) is -1.53. The molecule has 31 heavy (non-hydrogen) atoms. The first kappa shape index (κ1) is 23.1. The van der Waals surface area contributed by atoms with Gasteiger partial charge in [-0.25, -0.2) is 4.98 Å². The number of nitrogens with zero attached hydrogens (tertiary/aromatic N) is 4. The summed E-state index contributed by atoms with van der Waals surface area (Å²) in [6.45, 7) is 6.47. The summed E-state index contributed by atoms with van der Waals surface area (Å²) in [6, 6.07) is 1.97. The van der Waals surface area contributed by atoms with Gasteiger partial charge < -0.3 is 15.0 Å². The van der Waals surface area contributed by atoms with Crippen molar-refractivity contribution in [2.75, 3.05) is 26.7 Å². The smallest absolute Gasteiger partial charge is 0.421 e. The van der Waals surface area contributed by atoms with Crippen LogP contribution in [0.15, 0.2) is 24.5 Å². The fourth-order valence-electron chi connectivity index (χ4n) is 3.74. The van der Waals surface area contributed by atoms with Gasteiger partial charge in [0.2, 0.25) is 11.8 Å². The molecule has 1 aliphatic heterocycles. The third-order valence-corrected chi connectivity index (χ3v) is 5.75. The molecule has 2 aromatic rings. The number of carbonyl (C=O) groups is 1. The Morgan fingerprint density at radius 3 is 2.61 bits per heavy atom. The number of alkyl halides is 3. The van der Waals surface area contributed by atoms with Gasteiger partial charge in [-0.3, -0.25) is 9.48 Å². The normalized spacial score (nSPS) is 20.1. The largest absolute Gasteiger partial charge is 0.476 e. The van der Waals surface area contributed by atoms with E-state index in [4.69, 9.17) is 4.74 Å². The fraction of sp³-hybridized carbons (Fsp3) is 0.571. The van der Waals surface area contributed by atoms with Crippen LogP contribution in [-0.2, 0) is 18.0 Å². The van der Waals surface area contributed by atoms with Crippen LogP contribution in [0.5, 0.6) is 5.88 Å². The quantitative estimate of drug-likeness (QED) is 0.750. The Labute approximate surface area is 179 Å². The van der Waals surface area contributed by atoms with Crippen molar-refractivity contribution in [3.05, 3.63) is 41.3 Å². The Morgan fingerprint density at radius 1 is 1.29 bits per heavy atom. The van der Waals surface area contributed by atoms with Crippen molar-refractivity contribution >= 4 is 5.91 Å². The molecule has 7 nitrogen and oxygen atoms in total. The second-order valence-electron chi connectivity index (χ2n) is 8.74. The van der Waals surface area contributed by atoms with E-state index in [1.165, 1.54) is 12.3 Å². The summed E-state index contributed by atoms with van der Waals surface area (Å²) in [5.74, 6) is -0.740. The molecule has 1 amide bonds. The van der Waals surface area contributed by atoms with E-state index in [2.05, 4.69) is 20.3 Å². The fourth-order valence-corrected chi connectivity index (χ4v) is 3.74. The zero-order valence-electron chi connectivity index (χ0n) is 18.3. The lowest BCUT2D eigenvalue weighted by Crippen LogP contribution is -2.48. The number of aryl methyl sites for hydroxylation is 1. The Hall–Kier alpha value is -2.62. The van der Waals surface area contributed by atoms with Crippen molar-refractivity contribution in [3.63, 3.8) is 0 Å². The average molecular weight is 439 g/mol. The minimum atomic E-state index is -4.58. The van der Waals surface area contributed by atoms with E-state index in [0.29, 0.717) is 6.54 Å². The third-order valence-electron chi connectivity index (χ3n) is 5.75. The molecule has 0 radical (unpaired) electrons. The summed E-state index contributed by atoms with van der Waals surface area (Å²) < 4.78 is 46.6. The molecule has 3 heterocycles. The van der Waals surface area contributed by atoms with Crippen LogP contribution in [0, 0.1) is 12.3 Å². The molecule has 10 heteroatoms. The van der Waals surface area contributed by atoms with Crippen LogP contribution >= 0.6 is 0 Å². The highest BCUT2D eigenvalue weighted by molar-refractivity contribution is 5.82. The van der Waals surface area contributed by atoms with Gasteiger partial charge in [0, 0.05) is 44.0 Å². The van der Waals surface area contributed by atoms with Crippen molar-refractivity contribution < 1.29 is 22.7 Å². The van der Waals surface area contributed by atoms with Crippen LogP contribution in [0.2, 0.25) is 0 Å². The first-order valence-corrected chi connectivity index (χ1v) is 10.0. The number of likely N-dealkylation sites (N-methyl/N-ethyl adjacent to an activating group) is 1. The molecule has 0 spiro atoms. The molecule has 0 bridgehead atoms. The maximum absolute atomic E-state index is 13.2. The van der Waals surface area contributed by atoms with Crippen molar-refractivity contribution in [2.45, 2.75) is 38.9 Å². The highest BCUT2D eigenvalue weighted by Crippen LogP contribution is 2.35. The van der Waals surface area contributed by atoms with Gasteiger partial charge in [-0.1, -0.05) is 0 Å². The van der Waals surface area contributed by atoms with Gasteiger partial charge in [0.05, 0.1) is 11.6 Å². The molecule has 1 saturated heterocycles. The third kappa shape index (κ3) is 5.00. The molecular formula is C21H28F3N5O2. The number of hydrogen-bond donors (Lipinski definition) is 1. The molecule has 0 saturated carbocycles. The Morgan fingerprint density at radius 2 is 2.00 bits per heavy atom. The number of aromatic nitrogens is 3. The molecule has 2 atom stereocenters. The number of pyridine rings is 1. The zero-order valence-corrected chi connectivity index (χ0v) is 18.3.